The quantitative estimate of drug-likeness (QED) is 0.736. The first-order valence-electron chi connectivity index (χ1n) is 6.94. The molecule has 2 aromatic carbocycles. The van der Waals surface area contributed by atoms with Gasteiger partial charge < -0.3 is 0 Å². The summed E-state index contributed by atoms with van der Waals surface area (Å²) in [6.07, 6.45) is 2.74. The predicted octanol–water partition coefficient (Wildman–Crippen LogP) is 3.76. The van der Waals surface area contributed by atoms with Crippen molar-refractivity contribution in [3.05, 3.63) is 60.7 Å². The van der Waals surface area contributed by atoms with E-state index in [2.05, 4.69) is 80.7 Å². The Bertz CT molecular complexity index is 446. The number of benzene rings is 2. The van der Waals surface area contributed by atoms with E-state index < -0.39 is 7.26 Å². The zero-order valence-corrected chi connectivity index (χ0v) is 14.0. The molecule has 0 nitrogen and oxygen atoms in total. The van der Waals surface area contributed by atoms with Crippen molar-refractivity contribution in [3.63, 3.8) is 0 Å². The summed E-state index contributed by atoms with van der Waals surface area (Å²) in [5, 5.41) is 3.03. The molecule has 102 valence electrons. The van der Waals surface area contributed by atoms with E-state index in [4.69, 9.17) is 0 Å². The SMILES string of the molecule is C[PH](C)(C)CCP(c1ccccc1)c1ccccc1. The third kappa shape index (κ3) is 4.72. The van der Waals surface area contributed by atoms with Gasteiger partial charge in [0.05, 0.1) is 0 Å². The molecule has 0 aromatic heterocycles. The molecule has 2 rings (SSSR count). The van der Waals surface area contributed by atoms with E-state index in [1.54, 1.807) is 0 Å². The summed E-state index contributed by atoms with van der Waals surface area (Å²) in [5.74, 6) is 0. The molecule has 0 saturated heterocycles. The first kappa shape index (κ1) is 14.7. The van der Waals surface area contributed by atoms with Crippen LogP contribution in [0, 0.1) is 0 Å². The Labute approximate surface area is 119 Å². The second-order valence-corrected chi connectivity index (χ2v) is 14.1. The van der Waals surface area contributed by atoms with Crippen LogP contribution in [-0.2, 0) is 0 Å². The Balaban J connectivity index is 2.24. The zero-order chi connectivity index (χ0) is 13.7. The zero-order valence-electron chi connectivity index (χ0n) is 12.1. The van der Waals surface area contributed by atoms with E-state index in [-0.39, 0.29) is 7.92 Å². The molecular weight excluding hydrogens is 266 g/mol. The molecule has 0 aliphatic carbocycles. The Morgan fingerprint density at radius 2 is 1.16 bits per heavy atom. The van der Waals surface area contributed by atoms with E-state index in [1.165, 1.54) is 22.9 Å². The van der Waals surface area contributed by atoms with Crippen LogP contribution < -0.4 is 10.6 Å². The molecule has 0 spiro atoms. The third-order valence-electron chi connectivity index (χ3n) is 3.22. The predicted molar refractivity (Wildman–Crippen MR) is 94.9 cm³/mol. The maximum atomic E-state index is 2.47. The molecule has 0 radical (unpaired) electrons. The van der Waals surface area contributed by atoms with Crippen LogP contribution in [-0.4, -0.2) is 32.3 Å². The van der Waals surface area contributed by atoms with Crippen molar-refractivity contribution in [1.29, 1.82) is 0 Å². The molecule has 19 heavy (non-hydrogen) atoms. The summed E-state index contributed by atoms with van der Waals surface area (Å²) in [6, 6.07) is 22.1. The van der Waals surface area contributed by atoms with Crippen LogP contribution in [0.25, 0.3) is 0 Å². The molecule has 0 heterocycles. The van der Waals surface area contributed by atoms with Gasteiger partial charge in [-0.15, -0.1) is 0 Å². The molecule has 0 fully saturated rings. The molecule has 0 bridgehead atoms. The average molecular weight is 290 g/mol. The van der Waals surface area contributed by atoms with E-state index in [0.29, 0.717) is 0 Å². The minimum atomic E-state index is -0.970. The number of rotatable bonds is 5. The van der Waals surface area contributed by atoms with Gasteiger partial charge in [-0.25, -0.2) is 0 Å². The molecule has 2 heteroatoms. The first-order valence-corrected chi connectivity index (χ1v) is 12.2. The van der Waals surface area contributed by atoms with Crippen LogP contribution in [0.5, 0.6) is 0 Å². The maximum absolute atomic E-state index is 2.47. The summed E-state index contributed by atoms with van der Waals surface area (Å²) in [7, 11) is -1.15. The van der Waals surface area contributed by atoms with Crippen molar-refractivity contribution in [2.45, 2.75) is 0 Å². The molecule has 0 saturated carbocycles. The van der Waals surface area contributed by atoms with Crippen molar-refractivity contribution in [1.82, 2.24) is 0 Å². The van der Waals surface area contributed by atoms with Gasteiger partial charge in [-0.2, -0.15) is 0 Å². The standard InChI is InChI=1S/C17H24P2/c1-19(2,3)15-14-18(16-10-6-4-7-11-16)17-12-8-5-9-13-17/h4-13,19H,14-15H2,1-3H3. The first-order chi connectivity index (χ1) is 9.06. The van der Waals surface area contributed by atoms with Crippen molar-refractivity contribution in [2.75, 3.05) is 32.3 Å². The minimum absolute atomic E-state index is 0.180. The summed E-state index contributed by atoms with van der Waals surface area (Å²) in [5.41, 5.74) is 0. The van der Waals surface area contributed by atoms with Gasteiger partial charge in [0.25, 0.3) is 0 Å². The monoisotopic (exact) mass is 290 g/mol. The molecule has 0 aliphatic heterocycles. The van der Waals surface area contributed by atoms with Gasteiger partial charge in [-0.05, 0) is 0 Å². The molecule has 0 aliphatic rings. The number of hydrogen-bond acceptors (Lipinski definition) is 0. The van der Waals surface area contributed by atoms with Gasteiger partial charge >= 0.3 is 119 Å². The van der Waals surface area contributed by atoms with Crippen LogP contribution in [0.1, 0.15) is 0 Å². The topological polar surface area (TPSA) is 0 Å². The average Bonchev–Trinajstić information content (AvgIpc) is 2.40. The van der Waals surface area contributed by atoms with Crippen molar-refractivity contribution < 1.29 is 0 Å². The summed E-state index contributed by atoms with van der Waals surface area (Å²) >= 11 is 0. The van der Waals surface area contributed by atoms with Crippen LogP contribution in [0.15, 0.2) is 60.7 Å². The van der Waals surface area contributed by atoms with Crippen molar-refractivity contribution >= 4 is 25.8 Å². The van der Waals surface area contributed by atoms with E-state index in [0.717, 1.165) is 0 Å². The van der Waals surface area contributed by atoms with Crippen LogP contribution in [0.2, 0.25) is 0 Å². The van der Waals surface area contributed by atoms with Crippen molar-refractivity contribution in [2.24, 2.45) is 0 Å². The van der Waals surface area contributed by atoms with Crippen LogP contribution >= 0.6 is 15.2 Å². The van der Waals surface area contributed by atoms with Gasteiger partial charge in [-0.1, -0.05) is 0 Å². The van der Waals surface area contributed by atoms with Crippen LogP contribution in [0.3, 0.4) is 0 Å². The van der Waals surface area contributed by atoms with Gasteiger partial charge in [0, 0.05) is 0 Å². The Morgan fingerprint density at radius 3 is 1.53 bits per heavy atom. The molecule has 0 atom stereocenters. The molecule has 0 amide bonds. The molecular formula is C17H24P2. The fourth-order valence-electron chi connectivity index (χ4n) is 2.07. The Morgan fingerprint density at radius 1 is 0.737 bits per heavy atom. The fraction of sp³-hybridized carbons (Fsp3) is 0.294. The van der Waals surface area contributed by atoms with Gasteiger partial charge in [0.2, 0.25) is 0 Å². The summed E-state index contributed by atoms with van der Waals surface area (Å²) in [6.45, 7) is 7.41. The fourth-order valence-corrected chi connectivity index (χ4v) is 7.53. The number of hydrogen-bond donors (Lipinski definition) is 0. The van der Waals surface area contributed by atoms with Gasteiger partial charge in [0.1, 0.15) is 0 Å². The second kappa shape index (κ2) is 6.65. The van der Waals surface area contributed by atoms with E-state index >= 15 is 0 Å². The molecule has 2 aromatic rings. The normalized spacial score (nSPS) is 12.6. The third-order valence-corrected chi connectivity index (χ3v) is 7.91. The summed E-state index contributed by atoms with van der Waals surface area (Å²) < 4.78 is 0. The Hall–Kier alpha value is -0.700. The second-order valence-electron chi connectivity index (χ2n) is 6.13. The molecule has 0 N–H and O–H groups in total. The van der Waals surface area contributed by atoms with Crippen LogP contribution in [0.4, 0.5) is 0 Å². The van der Waals surface area contributed by atoms with Gasteiger partial charge in [-0.3, -0.25) is 0 Å². The van der Waals surface area contributed by atoms with Crippen molar-refractivity contribution in [3.8, 4) is 0 Å². The van der Waals surface area contributed by atoms with E-state index in [9.17, 15) is 0 Å². The Kier molecular flexibility index (Phi) is 5.14. The van der Waals surface area contributed by atoms with Gasteiger partial charge in [0.15, 0.2) is 0 Å². The summed E-state index contributed by atoms with van der Waals surface area (Å²) in [4.78, 5) is 0. The molecule has 0 unspecified atom stereocenters. The van der Waals surface area contributed by atoms with E-state index in [1.807, 2.05) is 0 Å².